The number of nitrogens with two attached hydrogens (primary N) is 1. The van der Waals surface area contributed by atoms with E-state index < -0.39 is 0 Å². The van der Waals surface area contributed by atoms with Crippen LogP contribution in [0.2, 0.25) is 0 Å². The van der Waals surface area contributed by atoms with Crippen molar-refractivity contribution in [2.24, 2.45) is 11.7 Å². The number of benzene rings is 1. The van der Waals surface area contributed by atoms with Gasteiger partial charge in [-0.2, -0.15) is 0 Å². The van der Waals surface area contributed by atoms with Gasteiger partial charge in [0.05, 0.1) is 0 Å². The van der Waals surface area contributed by atoms with Crippen LogP contribution in [-0.4, -0.2) is 22.5 Å². The van der Waals surface area contributed by atoms with Crippen molar-refractivity contribution in [1.29, 1.82) is 0 Å². The molecule has 1 saturated carbocycles. The van der Waals surface area contributed by atoms with Gasteiger partial charge in [-0.25, -0.2) is 0 Å². The maximum Gasteiger partial charge on any atom is 0.103 e. The summed E-state index contributed by atoms with van der Waals surface area (Å²) in [5, 5.41) is 0. The molecule has 0 amide bonds. The van der Waals surface area contributed by atoms with Crippen LogP contribution in [0.4, 0.5) is 0 Å². The average molecular weight is 302 g/mol. The maximum absolute atomic E-state index is 5.73. The molecule has 2 aliphatic rings. The summed E-state index contributed by atoms with van der Waals surface area (Å²) in [5.41, 5.74) is 9.46. The number of nitrogens with zero attached hydrogens (tertiary/aromatic N) is 1. The molecular formula is C18H26N2S. The van der Waals surface area contributed by atoms with E-state index in [1.165, 1.54) is 56.2 Å². The van der Waals surface area contributed by atoms with Crippen LogP contribution in [0.1, 0.15) is 55.2 Å². The van der Waals surface area contributed by atoms with Crippen molar-refractivity contribution in [3.8, 4) is 0 Å². The normalized spacial score (nSPS) is 26.3. The third-order valence-electron chi connectivity index (χ3n) is 5.36. The van der Waals surface area contributed by atoms with E-state index in [4.69, 9.17) is 18.0 Å². The molecule has 1 aliphatic carbocycles. The van der Waals surface area contributed by atoms with Gasteiger partial charge in [0, 0.05) is 18.2 Å². The molecule has 3 heteroatoms. The van der Waals surface area contributed by atoms with Crippen LogP contribution >= 0.6 is 12.2 Å². The first-order valence-corrected chi connectivity index (χ1v) is 8.69. The summed E-state index contributed by atoms with van der Waals surface area (Å²) >= 11 is 5.07. The van der Waals surface area contributed by atoms with Gasteiger partial charge >= 0.3 is 0 Å². The fourth-order valence-electron chi connectivity index (χ4n) is 4.17. The van der Waals surface area contributed by atoms with E-state index in [1.54, 1.807) is 0 Å². The molecule has 0 radical (unpaired) electrons. The molecule has 2 nitrogen and oxygen atoms in total. The monoisotopic (exact) mass is 302 g/mol. The number of rotatable bonds is 3. The van der Waals surface area contributed by atoms with Crippen LogP contribution < -0.4 is 5.73 Å². The largest absolute Gasteiger partial charge is 0.389 e. The van der Waals surface area contributed by atoms with Crippen molar-refractivity contribution in [1.82, 2.24) is 4.90 Å². The van der Waals surface area contributed by atoms with E-state index in [-0.39, 0.29) is 0 Å². The van der Waals surface area contributed by atoms with E-state index in [0.29, 0.717) is 4.99 Å². The predicted molar refractivity (Wildman–Crippen MR) is 92.5 cm³/mol. The van der Waals surface area contributed by atoms with Crippen molar-refractivity contribution in [3.05, 3.63) is 34.9 Å². The fourth-order valence-corrected chi connectivity index (χ4v) is 4.30. The first-order chi connectivity index (χ1) is 10.1. The Kier molecular flexibility index (Phi) is 4.60. The van der Waals surface area contributed by atoms with Crippen LogP contribution in [0.5, 0.6) is 0 Å². The zero-order chi connectivity index (χ0) is 14.8. The molecule has 114 valence electrons. The number of thiocarbonyl (C=S) groups is 1. The highest BCUT2D eigenvalue weighted by molar-refractivity contribution is 7.80. The van der Waals surface area contributed by atoms with Crippen molar-refractivity contribution >= 4 is 17.2 Å². The molecule has 1 aromatic carbocycles. The van der Waals surface area contributed by atoms with Gasteiger partial charge in [0.1, 0.15) is 4.99 Å². The van der Waals surface area contributed by atoms with Gasteiger partial charge < -0.3 is 5.73 Å². The Morgan fingerprint density at radius 3 is 2.76 bits per heavy atom. The lowest BCUT2D eigenvalue weighted by molar-refractivity contribution is 0.0545. The molecule has 3 rings (SSSR count). The highest BCUT2D eigenvalue weighted by Crippen LogP contribution is 2.36. The molecular weight excluding hydrogens is 276 g/mol. The molecule has 1 aliphatic heterocycles. The minimum Gasteiger partial charge on any atom is -0.389 e. The smallest absolute Gasteiger partial charge is 0.103 e. The summed E-state index contributed by atoms with van der Waals surface area (Å²) in [6, 6.07) is 7.26. The zero-order valence-corrected chi connectivity index (χ0v) is 13.8. The highest BCUT2D eigenvalue weighted by Gasteiger charge is 2.33. The van der Waals surface area contributed by atoms with E-state index in [9.17, 15) is 0 Å². The summed E-state index contributed by atoms with van der Waals surface area (Å²) in [7, 11) is 0. The van der Waals surface area contributed by atoms with E-state index in [0.717, 1.165) is 24.1 Å². The Hall–Kier alpha value is -0.930. The third kappa shape index (κ3) is 3.29. The van der Waals surface area contributed by atoms with Gasteiger partial charge in [-0.05, 0) is 62.3 Å². The molecule has 0 spiro atoms. The van der Waals surface area contributed by atoms with Gasteiger partial charge in [-0.1, -0.05) is 37.2 Å². The third-order valence-corrected chi connectivity index (χ3v) is 5.59. The van der Waals surface area contributed by atoms with Crippen LogP contribution in [0.25, 0.3) is 0 Å². The van der Waals surface area contributed by atoms with E-state index >= 15 is 0 Å². The Balaban J connectivity index is 1.74. The van der Waals surface area contributed by atoms with Gasteiger partial charge in [0.15, 0.2) is 0 Å². The van der Waals surface area contributed by atoms with Gasteiger partial charge in [-0.3, -0.25) is 4.90 Å². The Morgan fingerprint density at radius 2 is 2.00 bits per heavy atom. The summed E-state index contributed by atoms with van der Waals surface area (Å²) in [6.45, 7) is 4.53. The molecule has 2 atom stereocenters. The zero-order valence-electron chi connectivity index (χ0n) is 13.0. The standard InChI is InChI=1S/C18H26N2S/c1-13-11-15(18(19)21)8-9-16(13)12-20-10-4-6-14-5-2-3-7-17(14)20/h8-9,11,14,17H,2-7,10,12H2,1H3,(H2,19,21)/t14-,17-/m1/s1. The molecule has 0 aromatic heterocycles. The first kappa shape index (κ1) is 15.0. The van der Waals surface area contributed by atoms with Crippen molar-refractivity contribution in [3.63, 3.8) is 0 Å². The van der Waals surface area contributed by atoms with Crippen molar-refractivity contribution < 1.29 is 0 Å². The highest BCUT2D eigenvalue weighted by atomic mass is 32.1. The Labute approximate surface area is 133 Å². The van der Waals surface area contributed by atoms with Gasteiger partial charge in [0.2, 0.25) is 0 Å². The van der Waals surface area contributed by atoms with E-state index in [2.05, 4.69) is 30.0 Å². The lowest BCUT2D eigenvalue weighted by Crippen LogP contribution is -2.46. The minimum absolute atomic E-state index is 0.495. The molecule has 0 bridgehead atoms. The van der Waals surface area contributed by atoms with Crippen LogP contribution in [0.3, 0.4) is 0 Å². The topological polar surface area (TPSA) is 29.3 Å². The quantitative estimate of drug-likeness (QED) is 0.862. The first-order valence-electron chi connectivity index (χ1n) is 8.28. The second kappa shape index (κ2) is 6.45. The molecule has 2 fully saturated rings. The summed E-state index contributed by atoms with van der Waals surface area (Å²) in [5.74, 6) is 0.948. The minimum atomic E-state index is 0.495. The maximum atomic E-state index is 5.73. The van der Waals surface area contributed by atoms with Crippen LogP contribution in [0.15, 0.2) is 18.2 Å². The van der Waals surface area contributed by atoms with Gasteiger partial charge in [0.25, 0.3) is 0 Å². The lowest BCUT2D eigenvalue weighted by atomic mass is 9.78. The Morgan fingerprint density at radius 1 is 1.24 bits per heavy atom. The van der Waals surface area contributed by atoms with Crippen LogP contribution in [-0.2, 0) is 6.54 Å². The molecule has 2 N–H and O–H groups in total. The summed E-state index contributed by atoms with van der Waals surface area (Å²) in [4.78, 5) is 3.23. The number of hydrogen-bond donors (Lipinski definition) is 1. The lowest BCUT2D eigenvalue weighted by Gasteiger charge is -2.44. The molecule has 21 heavy (non-hydrogen) atoms. The number of aryl methyl sites for hydroxylation is 1. The molecule has 1 saturated heterocycles. The number of piperidine rings is 1. The molecule has 1 heterocycles. The Bertz CT molecular complexity index is 524. The average Bonchev–Trinajstić information content (AvgIpc) is 2.49. The molecule has 1 aromatic rings. The summed E-state index contributed by atoms with van der Waals surface area (Å²) < 4.78 is 0. The second-order valence-corrected chi connectivity index (χ2v) is 7.17. The number of fused-ring (bicyclic) bond motifs is 1. The fraction of sp³-hybridized carbons (Fsp3) is 0.611. The number of likely N-dealkylation sites (tertiary alicyclic amines) is 1. The van der Waals surface area contributed by atoms with Gasteiger partial charge in [-0.15, -0.1) is 0 Å². The van der Waals surface area contributed by atoms with Crippen molar-refractivity contribution in [2.45, 2.75) is 58.0 Å². The van der Waals surface area contributed by atoms with Crippen molar-refractivity contribution in [2.75, 3.05) is 6.54 Å². The van der Waals surface area contributed by atoms with Crippen LogP contribution in [0, 0.1) is 12.8 Å². The SMILES string of the molecule is Cc1cc(C(N)=S)ccc1CN1CCC[C@H]2CCCC[C@H]21. The number of hydrogen-bond acceptors (Lipinski definition) is 2. The van der Waals surface area contributed by atoms with E-state index in [1.807, 2.05) is 0 Å². The predicted octanol–water partition coefficient (Wildman–Crippen LogP) is 3.78. The molecule has 0 unspecified atom stereocenters. The second-order valence-electron chi connectivity index (χ2n) is 6.73. The summed E-state index contributed by atoms with van der Waals surface area (Å²) in [6.07, 6.45) is 8.51.